The molecule has 0 saturated heterocycles. The average Bonchev–Trinajstić information content (AvgIpc) is 2.38. The summed E-state index contributed by atoms with van der Waals surface area (Å²) in [4.78, 5) is 0. The van der Waals surface area contributed by atoms with Gasteiger partial charge in [-0.2, -0.15) is 0 Å². The quantitative estimate of drug-likeness (QED) is 0.777. The van der Waals surface area contributed by atoms with Crippen LogP contribution in [0.1, 0.15) is 51.2 Å². The average molecular weight is 236 g/mol. The van der Waals surface area contributed by atoms with Crippen molar-refractivity contribution >= 4 is 0 Å². The number of hydrogen-bond acceptors (Lipinski definition) is 2. The van der Waals surface area contributed by atoms with Gasteiger partial charge in [0.25, 0.3) is 0 Å². The van der Waals surface area contributed by atoms with E-state index in [9.17, 15) is 5.11 Å². The summed E-state index contributed by atoms with van der Waals surface area (Å²) in [6.45, 7) is 4.34. The minimum atomic E-state index is -0.346. The van der Waals surface area contributed by atoms with E-state index in [1.165, 1.54) is 0 Å². The van der Waals surface area contributed by atoms with Crippen LogP contribution in [0.2, 0.25) is 0 Å². The predicted molar refractivity (Wildman–Crippen MR) is 71.3 cm³/mol. The Kier molecular flexibility index (Phi) is 6.06. The summed E-state index contributed by atoms with van der Waals surface area (Å²) in [6, 6.07) is 7.74. The molecule has 0 fully saturated rings. The molecule has 2 heteroatoms. The SMILES string of the molecule is CCCC(CCC)C(O)c1ccc(OC)cc1. The van der Waals surface area contributed by atoms with Crippen molar-refractivity contribution in [2.45, 2.75) is 45.6 Å². The summed E-state index contributed by atoms with van der Waals surface area (Å²) in [7, 11) is 1.66. The summed E-state index contributed by atoms with van der Waals surface area (Å²) >= 11 is 0. The third kappa shape index (κ3) is 4.04. The number of benzene rings is 1. The van der Waals surface area contributed by atoms with Crippen LogP contribution in [0.4, 0.5) is 0 Å². The van der Waals surface area contributed by atoms with Gasteiger partial charge in [-0.05, 0) is 36.5 Å². The van der Waals surface area contributed by atoms with Crippen molar-refractivity contribution in [3.05, 3.63) is 29.8 Å². The maximum atomic E-state index is 10.4. The Balaban J connectivity index is 2.73. The molecule has 1 atom stereocenters. The van der Waals surface area contributed by atoms with Crippen LogP contribution in [0.15, 0.2) is 24.3 Å². The third-order valence-corrected chi connectivity index (χ3v) is 3.22. The molecule has 0 aliphatic carbocycles. The van der Waals surface area contributed by atoms with Crippen LogP contribution in [0.3, 0.4) is 0 Å². The molecule has 0 spiro atoms. The number of rotatable bonds is 7. The number of hydrogen-bond donors (Lipinski definition) is 1. The fraction of sp³-hybridized carbons (Fsp3) is 0.600. The third-order valence-electron chi connectivity index (χ3n) is 3.22. The lowest BCUT2D eigenvalue weighted by Gasteiger charge is -2.22. The van der Waals surface area contributed by atoms with E-state index >= 15 is 0 Å². The first kappa shape index (κ1) is 14.0. The molecule has 0 radical (unpaired) electrons. The van der Waals surface area contributed by atoms with Gasteiger partial charge >= 0.3 is 0 Å². The second-order valence-electron chi connectivity index (χ2n) is 4.56. The Morgan fingerprint density at radius 1 is 1.06 bits per heavy atom. The predicted octanol–water partition coefficient (Wildman–Crippen LogP) is 3.95. The topological polar surface area (TPSA) is 29.5 Å². The number of aliphatic hydroxyl groups is 1. The minimum absolute atomic E-state index is 0.346. The molecular weight excluding hydrogens is 212 g/mol. The molecule has 96 valence electrons. The van der Waals surface area contributed by atoms with Crippen molar-refractivity contribution in [3.8, 4) is 5.75 Å². The molecule has 1 aromatic carbocycles. The Morgan fingerprint density at radius 2 is 1.59 bits per heavy atom. The largest absolute Gasteiger partial charge is 0.497 e. The zero-order valence-corrected chi connectivity index (χ0v) is 11.1. The lowest BCUT2D eigenvalue weighted by atomic mass is 9.88. The summed E-state index contributed by atoms with van der Waals surface area (Å²) < 4.78 is 5.12. The smallest absolute Gasteiger partial charge is 0.118 e. The van der Waals surface area contributed by atoms with E-state index in [0.29, 0.717) is 5.92 Å². The molecule has 1 unspecified atom stereocenters. The van der Waals surface area contributed by atoms with Gasteiger partial charge in [0.1, 0.15) is 5.75 Å². The second kappa shape index (κ2) is 7.33. The van der Waals surface area contributed by atoms with Gasteiger partial charge in [0, 0.05) is 0 Å². The zero-order chi connectivity index (χ0) is 12.7. The minimum Gasteiger partial charge on any atom is -0.497 e. The normalized spacial score (nSPS) is 12.8. The maximum Gasteiger partial charge on any atom is 0.118 e. The van der Waals surface area contributed by atoms with E-state index in [4.69, 9.17) is 4.74 Å². The van der Waals surface area contributed by atoms with Crippen LogP contribution in [-0.2, 0) is 0 Å². The Hall–Kier alpha value is -1.02. The fourth-order valence-electron chi connectivity index (χ4n) is 2.27. The molecule has 2 nitrogen and oxygen atoms in total. The molecular formula is C15H24O2. The zero-order valence-electron chi connectivity index (χ0n) is 11.1. The van der Waals surface area contributed by atoms with E-state index in [2.05, 4.69) is 13.8 Å². The second-order valence-corrected chi connectivity index (χ2v) is 4.56. The highest BCUT2D eigenvalue weighted by Crippen LogP contribution is 2.30. The highest BCUT2D eigenvalue weighted by Gasteiger charge is 2.19. The molecule has 0 saturated carbocycles. The van der Waals surface area contributed by atoms with Gasteiger partial charge in [-0.15, -0.1) is 0 Å². The van der Waals surface area contributed by atoms with Gasteiger partial charge in [0.05, 0.1) is 13.2 Å². The summed E-state index contributed by atoms with van der Waals surface area (Å²) in [5.74, 6) is 1.21. The molecule has 17 heavy (non-hydrogen) atoms. The van der Waals surface area contributed by atoms with Gasteiger partial charge in [0.2, 0.25) is 0 Å². The molecule has 0 aromatic heterocycles. The van der Waals surface area contributed by atoms with Crippen molar-refractivity contribution in [1.29, 1.82) is 0 Å². The first-order valence-corrected chi connectivity index (χ1v) is 6.54. The summed E-state index contributed by atoms with van der Waals surface area (Å²) in [5.41, 5.74) is 0.998. The Labute approximate surface area is 105 Å². The first-order valence-electron chi connectivity index (χ1n) is 6.54. The molecule has 0 heterocycles. The van der Waals surface area contributed by atoms with Gasteiger partial charge in [-0.25, -0.2) is 0 Å². The van der Waals surface area contributed by atoms with Crippen molar-refractivity contribution in [2.75, 3.05) is 7.11 Å². The van der Waals surface area contributed by atoms with Crippen molar-refractivity contribution in [2.24, 2.45) is 5.92 Å². The molecule has 0 amide bonds. The highest BCUT2D eigenvalue weighted by atomic mass is 16.5. The van der Waals surface area contributed by atoms with Crippen LogP contribution in [-0.4, -0.2) is 12.2 Å². The van der Waals surface area contributed by atoms with Crippen molar-refractivity contribution < 1.29 is 9.84 Å². The maximum absolute atomic E-state index is 10.4. The van der Waals surface area contributed by atoms with E-state index in [0.717, 1.165) is 37.0 Å². The van der Waals surface area contributed by atoms with E-state index < -0.39 is 0 Å². The lowest BCUT2D eigenvalue weighted by molar-refractivity contribution is 0.0964. The number of aliphatic hydroxyl groups excluding tert-OH is 1. The fourth-order valence-corrected chi connectivity index (χ4v) is 2.27. The van der Waals surface area contributed by atoms with Crippen LogP contribution in [0.25, 0.3) is 0 Å². The summed E-state index contributed by atoms with van der Waals surface area (Å²) in [5, 5.41) is 10.4. The standard InChI is InChI=1S/C15H24O2/c1-4-6-12(7-5-2)15(16)13-8-10-14(17-3)11-9-13/h8-12,15-16H,4-7H2,1-3H3. The van der Waals surface area contributed by atoms with Crippen LogP contribution >= 0.6 is 0 Å². The number of methoxy groups -OCH3 is 1. The van der Waals surface area contributed by atoms with Gasteiger partial charge in [-0.3, -0.25) is 0 Å². The molecule has 0 bridgehead atoms. The van der Waals surface area contributed by atoms with Crippen molar-refractivity contribution in [3.63, 3.8) is 0 Å². The van der Waals surface area contributed by atoms with Crippen LogP contribution in [0, 0.1) is 5.92 Å². The molecule has 1 aromatic rings. The first-order chi connectivity index (χ1) is 8.22. The Morgan fingerprint density at radius 3 is 2.00 bits per heavy atom. The van der Waals surface area contributed by atoms with Gasteiger partial charge in [-0.1, -0.05) is 38.8 Å². The summed E-state index contributed by atoms with van der Waals surface area (Å²) in [6.07, 6.45) is 4.07. The molecule has 1 rings (SSSR count). The molecule has 0 aliphatic rings. The lowest BCUT2D eigenvalue weighted by Crippen LogP contribution is -2.12. The van der Waals surface area contributed by atoms with E-state index in [-0.39, 0.29) is 6.10 Å². The van der Waals surface area contributed by atoms with Gasteiger partial charge < -0.3 is 9.84 Å². The van der Waals surface area contributed by atoms with E-state index in [1.807, 2.05) is 24.3 Å². The molecule has 0 aliphatic heterocycles. The molecule has 1 N–H and O–H groups in total. The Bertz CT molecular complexity index is 299. The van der Waals surface area contributed by atoms with Crippen LogP contribution < -0.4 is 4.74 Å². The van der Waals surface area contributed by atoms with Crippen LogP contribution in [0.5, 0.6) is 5.75 Å². The van der Waals surface area contributed by atoms with E-state index in [1.54, 1.807) is 7.11 Å². The monoisotopic (exact) mass is 236 g/mol. The van der Waals surface area contributed by atoms with Crippen molar-refractivity contribution in [1.82, 2.24) is 0 Å². The van der Waals surface area contributed by atoms with Gasteiger partial charge in [0.15, 0.2) is 0 Å². The number of ether oxygens (including phenoxy) is 1. The highest BCUT2D eigenvalue weighted by molar-refractivity contribution is 5.28.